The summed E-state index contributed by atoms with van der Waals surface area (Å²) in [7, 11) is 0. The normalized spacial score (nSPS) is 11.5. The lowest BCUT2D eigenvalue weighted by Crippen LogP contribution is -1.87. The fourth-order valence-electron chi connectivity index (χ4n) is 1.29. The molecule has 0 atom stereocenters. The van der Waals surface area contributed by atoms with Crippen molar-refractivity contribution in [1.82, 2.24) is 0 Å². The van der Waals surface area contributed by atoms with Crippen LogP contribution in [0.25, 0.3) is 3.58 Å². The first-order chi connectivity index (χ1) is 7.13. The summed E-state index contributed by atoms with van der Waals surface area (Å²) in [5.41, 5.74) is 2.17. The average Bonchev–Trinajstić information content (AvgIpc) is 2.18. The molecule has 0 saturated carbocycles. The van der Waals surface area contributed by atoms with E-state index in [0.29, 0.717) is 3.58 Å². The number of hydrogen-bond donors (Lipinski definition) is 0. The van der Waals surface area contributed by atoms with Gasteiger partial charge >= 0.3 is 0 Å². The summed E-state index contributed by atoms with van der Waals surface area (Å²) in [6, 6.07) is 7.89. The van der Waals surface area contributed by atoms with Gasteiger partial charge in [0, 0.05) is 0 Å². The first-order valence-corrected chi connectivity index (χ1v) is 5.81. The van der Waals surface area contributed by atoms with Crippen LogP contribution in [-0.2, 0) is 6.42 Å². The molecule has 0 spiro atoms. The Morgan fingerprint density at radius 1 is 1.47 bits per heavy atom. The van der Waals surface area contributed by atoms with Crippen LogP contribution >= 0.6 is 22.6 Å². The third-order valence-electron chi connectivity index (χ3n) is 1.99. The third-order valence-corrected chi connectivity index (χ3v) is 2.89. The topological polar surface area (TPSA) is 43.1 Å². The molecule has 0 N–H and O–H groups in total. The molecule has 0 aromatic heterocycles. The maximum absolute atomic E-state index is 10.3. The second-order valence-electron chi connectivity index (χ2n) is 3.21. The number of rotatable bonds is 4. The minimum atomic E-state index is -0.429. The van der Waals surface area contributed by atoms with E-state index in [0.717, 1.165) is 24.6 Å². The SMILES string of the molecule is CCCc1ccc(/C(I)=C/[N+](=O)[O-])cc1. The van der Waals surface area contributed by atoms with Crippen LogP contribution in [0.15, 0.2) is 30.5 Å². The number of benzene rings is 1. The maximum atomic E-state index is 10.3. The van der Waals surface area contributed by atoms with Gasteiger partial charge in [0.2, 0.25) is 6.20 Å². The molecule has 15 heavy (non-hydrogen) atoms. The molecule has 0 heterocycles. The van der Waals surface area contributed by atoms with E-state index in [1.54, 1.807) is 0 Å². The van der Waals surface area contributed by atoms with Gasteiger partial charge < -0.3 is 0 Å². The molecule has 0 amide bonds. The maximum Gasteiger partial charge on any atom is 0.248 e. The summed E-state index contributed by atoms with van der Waals surface area (Å²) in [6.07, 6.45) is 3.19. The van der Waals surface area contributed by atoms with E-state index >= 15 is 0 Å². The Hall–Kier alpha value is -0.910. The summed E-state index contributed by atoms with van der Waals surface area (Å²) in [4.78, 5) is 9.85. The van der Waals surface area contributed by atoms with Gasteiger partial charge in [0.05, 0.1) is 8.50 Å². The van der Waals surface area contributed by atoms with Gasteiger partial charge in [-0.1, -0.05) is 37.6 Å². The number of aryl methyl sites for hydroxylation is 1. The molecule has 0 aliphatic carbocycles. The van der Waals surface area contributed by atoms with Crippen LogP contribution in [0.3, 0.4) is 0 Å². The molecule has 0 aliphatic rings. The van der Waals surface area contributed by atoms with E-state index in [-0.39, 0.29) is 0 Å². The van der Waals surface area contributed by atoms with Gasteiger partial charge in [-0.05, 0) is 40.1 Å². The minimum Gasteiger partial charge on any atom is -0.259 e. The van der Waals surface area contributed by atoms with Crippen LogP contribution in [-0.4, -0.2) is 4.92 Å². The van der Waals surface area contributed by atoms with Crippen LogP contribution in [0.4, 0.5) is 0 Å². The third kappa shape index (κ3) is 3.99. The van der Waals surface area contributed by atoms with Crippen molar-refractivity contribution in [2.24, 2.45) is 0 Å². The van der Waals surface area contributed by atoms with Gasteiger partial charge in [0.15, 0.2) is 0 Å². The molecular weight excluding hydrogens is 305 g/mol. The standard InChI is InChI=1S/C11H12INO2/c1-2-3-9-4-6-10(7-5-9)11(12)8-13(14)15/h4-8H,2-3H2,1H3/b11-8-. The number of nitrogens with zero attached hydrogens (tertiary/aromatic N) is 1. The highest BCUT2D eigenvalue weighted by Crippen LogP contribution is 2.22. The van der Waals surface area contributed by atoms with E-state index in [2.05, 4.69) is 6.92 Å². The van der Waals surface area contributed by atoms with Crippen LogP contribution in [0.1, 0.15) is 24.5 Å². The zero-order valence-electron chi connectivity index (χ0n) is 8.44. The van der Waals surface area contributed by atoms with Crippen LogP contribution in [0.2, 0.25) is 0 Å². The second-order valence-corrected chi connectivity index (χ2v) is 4.37. The fraction of sp³-hybridized carbons (Fsp3) is 0.273. The van der Waals surface area contributed by atoms with Crippen molar-refractivity contribution in [3.8, 4) is 0 Å². The van der Waals surface area contributed by atoms with E-state index in [1.165, 1.54) is 5.56 Å². The molecule has 1 rings (SSSR count). The molecule has 1 aromatic rings. The van der Waals surface area contributed by atoms with Crippen molar-refractivity contribution in [3.05, 3.63) is 51.7 Å². The van der Waals surface area contributed by atoms with Crippen molar-refractivity contribution in [3.63, 3.8) is 0 Å². The van der Waals surface area contributed by atoms with Gasteiger partial charge in [-0.25, -0.2) is 0 Å². The Morgan fingerprint density at radius 3 is 2.53 bits per heavy atom. The summed E-state index contributed by atoms with van der Waals surface area (Å²) >= 11 is 1.98. The zero-order chi connectivity index (χ0) is 11.3. The molecule has 3 nitrogen and oxygen atoms in total. The summed E-state index contributed by atoms with van der Waals surface area (Å²) in [6.45, 7) is 2.13. The van der Waals surface area contributed by atoms with E-state index < -0.39 is 4.92 Å². The van der Waals surface area contributed by atoms with Crippen LogP contribution in [0.5, 0.6) is 0 Å². The van der Waals surface area contributed by atoms with Gasteiger partial charge in [-0.15, -0.1) is 0 Å². The minimum absolute atomic E-state index is 0.429. The lowest BCUT2D eigenvalue weighted by molar-refractivity contribution is -0.401. The van der Waals surface area contributed by atoms with E-state index in [4.69, 9.17) is 0 Å². The highest BCUT2D eigenvalue weighted by Gasteiger charge is 2.02. The first-order valence-electron chi connectivity index (χ1n) is 4.73. The first kappa shape index (κ1) is 12.2. The Morgan fingerprint density at radius 2 is 2.07 bits per heavy atom. The smallest absolute Gasteiger partial charge is 0.248 e. The molecule has 4 heteroatoms. The molecule has 0 radical (unpaired) electrons. The monoisotopic (exact) mass is 317 g/mol. The predicted molar refractivity (Wildman–Crippen MR) is 69.4 cm³/mol. The molecule has 0 fully saturated rings. The molecule has 0 aliphatic heterocycles. The summed E-state index contributed by atoms with van der Waals surface area (Å²) < 4.78 is 0.653. The number of halogens is 1. The molecule has 0 unspecified atom stereocenters. The van der Waals surface area contributed by atoms with Gasteiger partial charge in [-0.3, -0.25) is 10.1 Å². The quantitative estimate of drug-likeness (QED) is 0.483. The Kier molecular flexibility index (Phi) is 4.74. The molecular formula is C11H12INO2. The van der Waals surface area contributed by atoms with Gasteiger partial charge in [0.25, 0.3) is 0 Å². The van der Waals surface area contributed by atoms with Gasteiger partial charge in [0.1, 0.15) is 0 Å². The highest BCUT2D eigenvalue weighted by atomic mass is 127. The second kappa shape index (κ2) is 5.85. The predicted octanol–water partition coefficient (Wildman–Crippen LogP) is 3.65. The van der Waals surface area contributed by atoms with Gasteiger partial charge in [-0.2, -0.15) is 0 Å². The summed E-state index contributed by atoms with van der Waals surface area (Å²) in [5.74, 6) is 0. The van der Waals surface area contributed by atoms with E-state index in [9.17, 15) is 10.1 Å². The lowest BCUT2D eigenvalue weighted by atomic mass is 10.1. The molecule has 1 aromatic carbocycles. The van der Waals surface area contributed by atoms with Crippen molar-refractivity contribution < 1.29 is 4.92 Å². The van der Waals surface area contributed by atoms with Crippen LogP contribution in [0, 0.1) is 10.1 Å². The largest absolute Gasteiger partial charge is 0.259 e. The van der Waals surface area contributed by atoms with Crippen molar-refractivity contribution >= 4 is 26.2 Å². The molecule has 0 saturated heterocycles. The Bertz CT molecular complexity index is 371. The fourth-order valence-corrected chi connectivity index (χ4v) is 1.87. The average molecular weight is 317 g/mol. The summed E-state index contributed by atoms with van der Waals surface area (Å²) in [5, 5.41) is 10.3. The zero-order valence-corrected chi connectivity index (χ0v) is 10.6. The Balaban J connectivity index is 2.84. The number of hydrogen-bond acceptors (Lipinski definition) is 2. The van der Waals surface area contributed by atoms with E-state index in [1.807, 2.05) is 46.9 Å². The van der Waals surface area contributed by atoms with Crippen molar-refractivity contribution in [1.29, 1.82) is 0 Å². The van der Waals surface area contributed by atoms with Crippen LogP contribution < -0.4 is 0 Å². The lowest BCUT2D eigenvalue weighted by Gasteiger charge is -2.00. The van der Waals surface area contributed by atoms with Crippen molar-refractivity contribution in [2.75, 3.05) is 0 Å². The number of nitro groups is 1. The molecule has 80 valence electrons. The Labute approximate surface area is 102 Å². The highest BCUT2D eigenvalue weighted by molar-refractivity contribution is 14.1. The van der Waals surface area contributed by atoms with Crippen molar-refractivity contribution in [2.45, 2.75) is 19.8 Å². The molecule has 0 bridgehead atoms.